The lowest BCUT2D eigenvalue weighted by atomic mass is 10.0. The Kier molecular flexibility index (Phi) is 2.44. The van der Waals surface area contributed by atoms with Crippen molar-refractivity contribution in [3.63, 3.8) is 0 Å². The third-order valence-electron chi connectivity index (χ3n) is 3.18. The van der Waals surface area contributed by atoms with Crippen molar-refractivity contribution in [2.24, 2.45) is 0 Å². The molecule has 1 aromatic carbocycles. The highest BCUT2D eigenvalue weighted by molar-refractivity contribution is 6.08. The summed E-state index contributed by atoms with van der Waals surface area (Å²) in [6.07, 6.45) is 3.77. The van der Waals surface area contributed by atoms with Crippen LogP contribution in [0.25, 0.3) is 10.8 Å². The second kappa shape index (κ2) is 3.98. The molecule has 3 rings (SSSR count). The predicted octanol–water partition coefficient (Wildman–Crippen LogP) is 2.02. The molecule has 0 unspecified atom stereocenters. The quantitative estimate of drug-likeness (QED) is 0.790. The second-order valence-corrected chi connectivity index (χ2v) is 4.86. The standard InChI is InChI=1S/C14H15N3O/c1-8-6-11-10(12(15)7-8)4-5-16-13(11)14(18)17-9-2-3-9/h4-7,9H,2-3,15H2,1H3,(H,17,18). The maximum absolute atomic E-state index is 12.1. The number of pyridine rings is 1. The molecule has 0 saturated heterocycles. The molecular weight excluding hydrogens is 226 g/mol. The lowest BCUT2D eigenvalue weighted by Crippen LogP contribution is -2.26. The number of nitrogens with zero attached hydrogens (tertiary/aromatic N) is 1. The van der Waals surface area contributed by atoms with Gasteiger partial charge in [0.15, 0.2) is 0 Å². The zero-order chi connectivity index (χ0) is 12.7. The molecular formula is C14H15N3O. The minimum atomic E-state index is -0.104. The van der Waals surface area contributed by atoms with Crippen LogP contribution in [0.3, 0.4) is 0 Å². The zero-order valence-electron chi connectivity index (χ0n) is 10.2. The summed E-state index contributed by atoms with van der Waals surface area (Å²) in [7, 11) is 0. The molecule has 1 heterocycles. The van der Waals surface area contributed by atoms with Crippen LogP contribution in [0.1, 0.15) is 28.9 Å². The number of carbonyl (C=O) groups excluding carboxylic acids is 1. The van der Waals surface area contributed by atoms with E-state index < -0.39 is 0 Å². The summed E-state index contributed by atoms with van der Waals surface area (Å²) in [4.78, 5) is 16.3. The fourth-order valence-corrected chi connectivity index (χ4v) is 2.13. The third kappa shape index (κ3) is 1.90. The molecule has 1 aliphatic rings. The molecule has 0 radical (unpaired) electrons. The van der Waals surface area contributed by atoms with Gasteiger partial charge in [-0.05, 0) is 43.5 Å². The van der Waals surface area contributed by atoms with Crippen LogP contribution in [0, 0.1) is 6.92 Å². The van der Waals surface area contributed by atoms with E-state index in [1.807, 2.05) is 25.1 Å². The molecule has 0 aliphatic heterocycles. The molecule has 1 fully saturated rings. The van der Waals surface area contributed by atoms with Gasteiger partial charge in [0.2, 0.25) is 0 Å². The van der Waals surface area contributed by atoms with Crippen LogP contribution in [0.2, 0.25) is 0 Å². The number of aryl methyl sites for hydroxylation is 1. The first-order valence-electron chi connectivity index (χ1n) is 6.11. The van der Waals surface area contributed by atoms with Gasteiger partial charge in [0, 0.05) is 28.7 Å². The fourth-order valence-electron chi connectivity index (χ4n) is 2.13. The Morgan fingerprint density at radius 3 is 2.89 bits per heavy atom. The smallest absolute Gasteiger partial charge is 0.270 e. The zero-order valence-corrected chi connectivity index (χ0v) is 10.2. The first-order valence-corrected chi connectivity index (χ1v) is 6.11. The summed E-state index contributed by atoms with van der Waals surface area (Å²) in [5.41, 5.74) is 8.17. The van der Waals surface area contributed by atoms with Crippen molar-refractivity contribution in [2.75, 3.05) is 5.73 Å². The minimum absolute atomic E-state index is 0.104. The van der Waals surface area contributed by atoms with Crippen molar-refractivity contribution in [3.05, 3.63) is 35.7 Å². The highest BCUT2D eigenvalue weighted by Gasteiger charge is 2.25. The number of nitrogens with one attached hydrogen (secondary N) is 1. The summed E-state index contributed by atoms with van der Waals surface area (Å²) >= 11 is 0. The molecule has 0 spiro atoms. The van der Waals surface area contributed by atoms with Gasteiger partial charge >= 0.3 is 0 Å². The Labute approximate surface area is 105 Å². The number of rotatable bonds is 2. The van der Waals surface area contributed by atoms with Gasteiger partial charge in [-0.2, -0.15) is 0 Å². The molecule has 1 aromatic heterocycles. The Balaban J connectivity index is 2.13. The Hall–Kier alpha value is -2.10. The third-order valence-corrected chi connectivity index (χ3v) is 3.18. The number of hydrogen-bond donors (Lipinski definition) is 2. The first kappa shape index (κ1) is 11.0. The Bertz CT molecular complexity index is 632. The van der Waals surface area contributed by atoms with Crippen molar-refractivity contribution in [1.29, 1.82) is 0 Å². The molecule has 4 nitrogen and oxygen atoms in total. The number of aromatic nitrogens is 1. The van der Waals surface area contributed by atoms with Crippen molar-refractivity contribution >= 4 is 22.4 Å². The van der Waals surface area contributed by atoms with Gasteiger partial charge in [-0.1, -0.05) is 0 Å². The average Bonchev–Trinajstić information content (AvgIpc) is 3.12. The van der Waals surface area contributed by atoms with Gasteiger partial charge in [-0.3, -0.25) is 9.78 Å². The van der Waals surface area contributed by atoms with E-state index in [2.05, 4.69) is 10.3 Å². The van der Waals surface area contributed by atoms with E-state index in [0.29, 0.717) is 17.4 Å². The summed E-state index contributed by atoms with van der Waals surface area (Å²) in [5, 5.41) is 4.67. The maximum atomic E-state index is 12.1. The summed E-state index contributed by atoms with van der Waals surface area (Å²) in [6.45, 7) is 1.96. The van der Waals surface area contributed by atoms with Gasteiger partial charge in [0.1, 0.15) is 5.69 Å². The number of fused-ring (bicyclic) bond motifs is 1. The monoisotopic (exact) mass is 241 g/mol. The van der Waals surface area contributed by atoms with Crippen molar-refractivity contribution in [1.82, 2.24) is 10.3 Å². The Morgan fingerprint density at radius 1 is 1.39 bits per heavy atom. The lowest BCUT2D eigenvalue weighted by molar-refractivity contribution is 0.0948. The van der Waals surface area contributed by atoms with E-state index in [-0.39, 0.29) is 5.91 Å². The van der Waals surface area contributed by atoms with Crippen LogP contribution in [0.4, 0.5) is 5.69 Å². The lowest BCUT2D eigenvalue weighted by Gasteiger charge is -2.09. The number of nitrogen functional groups attached to an aromatic ring is 1. The fraction of sp³-hybridized carbons (Fsp3) is 0.286. The number of anilines is 1. The topological polar surface area (TPSA) is 68.0 Å². The predicted molar refractivity (Wildman–Crippen MR) is 71.4 cm³/mol. The van der Waals surface area contributed by atoms with Crippen LogP contribution in [0.5, 0.6) is 0 Å². The molecule has 0 bridgehead atoms. The van der Waals surface area contributed by atoms with Gasteiger partial charge < -0.3 is 11.1 Å². The highest BCUT2D eigenvalue weighted by atomic mass is 16.2. The molecule has 1 saturated carbocycles. The summed E-state index contributed by atoms with van der Waals surface area (Å²) < 4.78 is 0. The van der Waals surface area contributed by atoms with E-state index in [1.54, 1.807) is 6.20 Å². The van der Waals surface area contributed by atoms with Gasteiger partial charge in [0.05, 0.1) is 0 Å². The van der Waals surface area contributed by atoms with E-state index in [9.17, 15) is 4.79 Å². The van der Waals surface area contributed by atoms with E-state index in [0.717, 1.165) is 29.2 Å². The van der Waals surface area contributed by atoms with Crippen LogP contribution in [-0.4, -0.2) is 16.9 Å². The van der Waals surface area contributed by atoms with E-state index >= 15 is 0 Å². The number of nitrogens with two attached hydrogens (primary N) is 1. The average molecular weight is 241 g/mol. The number of amides is 1. The van der Waals surface area contributed by atoms with Crippen molar-refractivity contribution < 1.29 is 4.79 Å². The molecule has 1 amide bonds. The molecule has 1 aliphatic carbocycles. The molecule has 18 heavy (non-hydrogen) atoms. The number of carbonyl (C=O) groups is 1. The summed E-state index contributed by atoms with van der Waals surface area (Å²) in [5.74, 6) is -0.104. The van der Waals surface area contributed by atoms with Crippen molar-refractivity contribution in [2.45, 2.75) is 25.8 Å². The Morgan fingerprint density at radius 2 is 2.17 bits per heavy atom. The maximum Gasteiger partial charge on any atom is 0.270 e. The van der Waals surface area contributed by atoms with Gasteiger partial charge in [-0.25, -0.2) is 0 Å². The minimum Gasteiger partial charge on any atom is -0.398 e. The van der Waals surface area contributed by atoms with E-state index in [4.69, 9.17) is 5.73 Å². The van der Waals surface area contributed by atoms with Crippen molar-refractivity contribution in [3.8, 4) is 0 Å². The first-order chi connectivity index (χ1) is 8.65. The molecule has 4 heteroatoms. The normalized spacial score (nSPS) is 14.7. The van der Waals surface area contributed by atoms with Crippen LogP contribution >= 0.6 is 0 Å². The van der Waals surface area contributed by atoms with Crippen LogP contribution < -0.4 is 11.1 Å². The number of hydrogen-bond acceptors (Lipinski definition) is 3. The largest absolute Gasteiger partial charge is 0.398 e. The van der Waals surface area contributed by atoms with Crippen LogP contribution in [0.15, 0.2) is 24.4 Å². The summed E-state index contributed by atoms with van der Waals surface area (Å²) in [6, 6.07) is 6.04. The van der Waals surface area contributed by atoms with E-state index in [1.165, 1.54) is 0 Å². The molecule has 3 N–H and O–H groups in total. The highest BCUT2D eigenvalue weighted by Crippen LogP contribution is 2.26. The number of benzene rings is 1. The molecule has 0 atom stereocenters. The molecule has 2 aromatic rings. The molecule has 92 valence electrons. The van der Waals surface area contributed by atoms with Gasteiger partial charge in [0.25, 0.3) is 5.91 Å². The van der Waals surface area contributed by atoms with Crippen LogP contribution in [-0.2, 0) is 0 Å². The van der Waals surface area contributed by atoms with Gasteiger partial charge in [-0.15, -0.1) is 0 Å². The second-order valence-electron chi connectivity index (χ2n) is 4.86. The SMILES string of the molecule is Cc1cc(N)c2ccnc(C(=O)NC3CC3)c2c1.